The molecule has 7 heteroatoms. The number of halogens is 1. The number of guanidine groups is 1. The van der Waals surface area contributed by atoms with Gasteiger partial charge in [0, 0.05) is 33.1 Å². The number of aryl methyl sites for hydroxylation is 1. The van der Waals surface area contributed by atoms with Crippen molar-refractivity contribution in [3.63, 3.8) is 0 Å². The molecule has 0 amide bonds. The molecule has 2 rings (SSSR count). The van der Waals surface area contributed by atoms with E-state index in [1.54, 1.807) is 18.4 Å². The van der Waals surface area contributed by atoms with E-state index in [-0.39, 0.29) is 24.0 Å². The molecule has 0 saturated heterocycles. The monoisotopic (exact) mass is 459 g/mol. The summed E-state index contributed by atoms with van der Waals surface area (Å²) in [5, 5.41) is 9.72. The van der Waals surface area contributed by atoms with Gasteiger partial charge in [-0.3, -0.25) is 4.99 Å². The number of aromatic nitrogens is 1. The van der Waals surface area contributed by atoms with Gasteiger partial charge in [0.05, 0.1) is 12.2 Å². The van der Waals surface area contributed by atoms with Gasteiger partial charge < -0.3 is 15.5 Å². The van der Waals surface area contributed by atoms with E-state index in [2.05, 4.69) is 57.2 Å². The minimum Gasteiger partial charge on any atom is -0.356 e. The van der Waals surface area contributed by atoms with Crippen LogP contribution < -0.4 is 15.5 Å². The molecule has 2 aromatic rings. The highest BCUT2D eigenvalue weighted by atomic mass is 127. The first-order chi connectivity index (χ1) is 11.1. The Morgan fingerprint density at radius 1 is 1.21 bits per heavy atom. The molecule has 0 spiro atoms. The van der Waals surface area contributed by atoms with Crippen LogP contribution >= 0.6 is 35.3 Å². The minimum atomic E-state index is 0. The Balaban J connectivity index is 0.00000288. The number of anilines is 1. The third-order valence-electron chi connectivity index (χ3n) is 3.41. The maximum Gasteiger partial charge on any atom is 0.191 e. The van der Waals surface area contributed by atoms with Gasteiger partial charge in [-0.25, -0.2) is 4.98 Å². The molecule has 0 aliphatic carbocycles. The Labute approximate surface area is 165 Å². The second kappa shape index (κ2) is 10.5. The topological polar surface area (TPSA) is 52.6 Å². The Morgan fingerprint density at radius 2 is 1.92 bits per heavy atom. The van der Waals surface area contributed by atoms with Crippen LogP contribution in [0.15, 0.2) is 34.6 Å². The fourth-order valence-electron chi connectivity index (χ4n) is 2.06. The minimum absolute atomic E-state index is 0. The summed E-state index contributed by atoms with van der Waals surface area (Å²) >= 11 is 1.65. The van der Waals surface area contributed by atoms with Crippen molar-refractivity contribution >= 4 is 46.4 Å². The molecule has 1 heterocycles. The molecule has 1 aromatic carbocycles. The van der Waals surface area contributed by atoms with E-state index in [1.807, 2.05) is 19.0 Å². The van der Waals surface area contributed by atoms with Crippen LogP contribution in [-0.2, 0) is 13.0 Å². The first-order valence-corrected chi connectivity index (χ1v) is 8.58. The zero-order chi connectivity index (χ0) is 16.7. The molecule has 0 saturated carbocycles. The van der Waals surface area contributed by atoms with E-state index in [0.717, 1.165) is 29.8 Å². The maximum absolute atomic E-state index is 4.55. The predicted octanol–water partition coefficient (Wildman–Crippen LogP) is 3.04. The van der Waals surface area contributed by atoms with Crippen LogP contribution in [0.1, 0.15) is 16.8 Å². The summed E-state index contributed by atoms with van der Waals surface area (Å²) in [6, 6.07) is 8.64. The Bertz CT molecular complexity index is 637. The standard InChI is InChI=1S/C17H25N5S.HI/c1-13-5-7-14(8-6-13)9-10-19-16(18-2)20-11-15-12-23-17(21-15)22(3)4;/h5-8,12H,9-11H2,1-4H3,(H2,18,19,20);1H. The van der Waals surface area contributed by atoms with Crippen LogP contribution in [0, 0.1) is 6.92 Å². The molecule has 5 nitrogen and oxygen atoms in total. The smallest absolute Gasteiger partial charge is 0.191 e. The van der Waals surface area contributed by atoms with Gasteiger partial charge in [-0.05, 0) is 18.9 Å². The molecule has 2 N–H and O–H groups in total. The number of rotatable bonds is 6. The number of thiazole rings is 1. The zero-order valence-electron chi connectivity index (χ0n) is 14.7. The maximum atomic E-state index is 4.55. The second-order valence-electron chi connectivity index (χ2n) is 5.60. The SMILES string of the molecule is CN=C(NCCc1ccc(C)cc1)NCc1csc(N(C)C)n1.I. The Morgan fingerprint density at radius 3 is 2.50 bits per heavy atom. The fraction of sp³-hybridized carbons (Fsp3) is 0.412. The number of nitrogens with one attached hydrogen (secondary N) is 2. The van der Waals surface area contributed by atoms with Crippen LogP contribution in [0.2, 0.25) is 0 Å². The summed E-state index contributed by atoms with van der Waals surface area (Å²) in [6.45, 7) is 3.63. The zero-order valence-corrected chi connectivity index (χ0v) is 17.8. The van der Waals surface area contributed by atoms with E-state index < -0.39 is 0 Å². The summed E-state index contributed by atoms with van der Waals surface area (Å²) in [5.41, 5.74) is 3.65. The third kappa shape index (κ3) is 6.64. The molecule has 0 bridgehead atoms. The second-order valence-corrected chi connectivity index (χ2v) is 6.44. The van der Waals surface area contributed by atoms with Crippen LogP contribution in [0.4, 0.5) is 5.13 Å². The van der Waals surface area contributed by atoms with Crippen LogP contribution in [0.25, 0.3) is 0 Å². The van der Waals surface area contributed by atoms with Crippen molar-refractivity contribution in [3.8, 4) is 0 Å². The largest absolute Gasteiger partial charge is 0.356 e. The third-order valence-corrected chi connectivity index (χ3v) is 4.47. The number of nitrogens with zero attached hydrogens (tertiary/aromatic N) is 3. The molecular formula is C17H26IN5S. The van der Waals surface area contributed by atoms with Gasteiger partial charge in [0.1, 0.15) is 0 Å². The lowest BCUT2D eigenvalue weighted by molar-refractivity contribution is 0.785. The highest BCUT2D eigenvalue weighted by Gasteiger charge is 2.04. The predicted molar refractivity (Wildman–Crippen MR) is 115 cm³/mol. The van der Waals surface area contributed by atoms with Crippen LogP contribution in [0.5, 0.6) is 0 Å². The van der Waals surface area contributed by atoms with Gasteiger partial charge in [0.25, 0.3) is 0 Å². The number of hydrogen-bond acceptors (Lipinski definition) is 4. The molecule has 0 aliphatic heterocycles. The van der Waals surface area contributed by atoms with E-state index in [0.29, 0.717) is 6.54 Å². The van der Waals surface area contributed by atoms with Gasteiger partial charge in [0.15, 0.2) is 11.1 Å². The molecule has 1 aromatic heterocycles. The first kappa shape index (κ1) is 20.7. The van der Waals surface area contributed by atoms with Crippen molar-refractivity contribution in [2.24, 2.45) is 4.99 Å². The van der Waals surface area contributed by atoms with Crippen molar-refractivity contribution in [1.82, 2.24) is 15.6 Å². The Hall–Kier alpha value is -1.35. The van der Waals surface area contributed by atoms with Crippen LogP contribution in [-0.4, -0.2) is 38.6 Å². The summed E-state index contributed by atoms with van der Waals surface area (Å²) in [7, 11) is 5.79. The quantitative estimate of drug-likeness (QED) is 0.396. The molecule has 0 radical (unpaired) electrons. The average molecular weight is 459 g/mol. The lowest BCUT2D eigenvalue weighted by atomic mass is 10.1. The molecular weight excluding hydrogens is 433 g/mol. The molecule has 0 unspecified atom stereocenters. The van der Waals surface area contributed by atoms with E-state index in [9.17, 15) is 0 Å². The summed E-state index contributed by atoms with van der Waals surface area (Å²) in [4.78, 5) is 10.8. The first-order valence-electron chi connectivity index (χ1n) is 7.70. The normalized spacial score (nSPS) is 10.9. The van der Waals surface area contributed by atoms with Gasteiger partial charge in [-0.15, -0.1) is 35.3 Å². The summed E-state index contributed by atoms with van der Waals surface area (Å²) in [5.74, 6) is 0.802. The van der Waals surface area contributed by atoms with Gasteiger partial charge >= 0.3 is 0 Å². The molecule has 132 valence electrons. The van der Waals surface area contributed by atoms with Crippen molar-refractivity contribution in [1.29, 1.82) is 0 Å². The van der Waals surface area contributed by atoms with Crippen molar-refractivity contribution in [2.45, 2.75) is 19.9 Å². The lowest BCUT2D eigenvalue weighted by Gasteiger charge is -2.11. The van der Waals surface area contributed by atoms with Crippen LogP contribution in [0.3, 0.4) is 0 Å². The van der Waals surface area contributed by atoms with E-state index >= 15 is 0 Å². The van der Waals surface area contributed by atoms with Crippen molar-refractivity contribution < 1.29 is 0 Å². The molecule has 0 atom stereocenters. The number of hydrogen-bond donors (Lipinski definition) is 2. The Kier molecular flexibility index (Phi) is 9.05. The summed E-state index contributed by atoms with van der Waals surface area (Å²) in [6.07, 6.45) is 0.975. The van der Waals surface area contributed by atoms with Gasteiger partial charge in [-0.2, -0.15) is 0 Å². The van der Waals surface area contributed by atoms with Gasteiger partial charge in [0.2, 0.25) is 0 Å². The average Bonchev–Trinajstić information content (AvgIpc) is 3.01. The highest BCUT2D eigenvalue weighted by Crippen LogP contribution is 2.17. The van der Waals surface area contributed by atoms with Crippen molar-refractivity contribution in [3.05, 3.63) is 46.5 Å². The number of benzene rings is 1. The highest BCUT2D eigenvalue weighted by molar-refractivity contribution is 14.0. The van der Waals surface area contributed by atoms with Gasteiger partial charge in [-0.1, -0.05) is 29.8 Å². The summed E-state index contributed by atoms with van der Waals surface area (Å²) < 4.78 is 0. The fourth-order valence-corrected chi connectivity index (χ4v) is 2.82. The van der Waals surface area contributed by atoms with Crippen molar-refractivity contribution in [2.75, 3.05) is 32.6 Å². The lowest BCUT2D eigenvalue weighted by Crippen LogP contribution is -2.37. The van der Waals surface area contributed by atoms with E-state index in [1.165, 1.54) is 11.1 Å². The molecule has 0 aliphatic rings. The molecule has 24 heavy (non-hydrogen) atoms. The number of aliphatic imine (C=N–C) groups is 1. The molecule has 0 fully saturated rings. The van der Waals surface area contributed by atoms with E-state index in [4.69, 9.17) is 0 Å².